The summed E-state index contributed by atoms with van der Waals surface area (Å²) >= 11 is 0. The smallest absolute Gasteiger partial charge is 0.334 e. The molecule has 0 atom stereocenters. The lowest BCUT2D eigenvalue weighted by Crippen LogP contribution is -2.36. The summed E-state index contributed by atoms with van der Waals surface area (Å²) in [6, 6.07) is 11.0. The van der Waals surface area contributed by atoms with Crippen molar-refractivity contribution in [2.24, 2.45) is 0 Å². The van der Waals surface area contributed by atoms with Crippen molar-refractivity contribution in [3.8, 4) is 0 Å². The molecule has 29 heavy (non-hydrogen) atoms. The number of carbonyl (C=O) groups excluding carboxylic acids is 1. The van der Waals surface area contributed by atoms with Gasteiger partial charge in [0.1, 0.15) is 0 Å². The van der Waals surface area contributed by atoms with Gasteiger partial charge in [0.05, 0.1) is 11.3 Å². The molecule has 0 radical (unpaired) electrons. The molecule has 2 aromatic carbocycles. The van der Waals surface area contributed by atoms with Crippen LogP contribution in [0.4, 0.5) is 18.0 Å². The van der Waals surface area contributed by atoms with Crippen molar-refractivity contribution in [1.29, 1.82) is 0 Å². The van der Waals surface area contributed by atoms with E-state index in [9.17, 15) is 26.4 Å². The van der Waals surface area contributed by atoms with E-state index in [-0.39, 0.29) is 24.9 Å². The summed E-state index contributed by atoms with van der Waals surface area (Å²) in [5.41, 5.74) is 1.24. The molecule has 0 saturated heterocycles. The molecule has 0 aliphatic rings. The third-order valence-corrected chi connectivity index (χ3v) is 5.52. The number of halogens is 3. The van der Waals surface area contributed by atoms with Crippen LogP contribution in [-0.4, -0.2) is 33.4 Å². The minimum atomic E-state index is -4.39. The van der Waals surface area contributed by atoms with Gasteiger partial charge in [0.15, 0.2) is 0 Å². The first-order valence-corrected chi connectivity index (χ1v) is 10.3. The third-order valence-electron chi connectivity index (χ3n) is 4.18. The summed E-state index contributed by atoms with van der Waals surface area (Å²) < 4.78 is 63.1. The molecule has 6 nitrogen and oxygen atoms in total. The van der Waals surface area contributed by atoms with Crippen molar-refractivity contribution in [1.82, 2.24) is 14.9 Å². The molecule has 0 fully saturated rings. The first-order valence-electron chi connectivity index (χ1n) is 8.64. The van der Waals surface area contributed by atoms with Gasteiger partial charge in [0.25, 0.3) is 0 Å². The van der Waals surface area contributed by atoms with Gasteiger partial charge in [0.2, 0.25) is 10.0 Å². The number of carbonyl (C=O) groups is 1. The standard InChI is InChI=1S/C19H22F3N3O3S/c1-23-29(27,28)13-16-5-3-14(4-6-16)11-24-18(26)25(2)12-15-7-9-17(10-8-15)19(20,21)22/h3-10,23H,11-13H2,1-2H3,(H,24,26). The van der Waals surface area contributed by atoms with Crippen molar-refractivity contribution < 1.29 is 26.4 Å². The van der Waals surface area contributed by atoms with Crippen LogP contribution in [0, 0.1) is 0 Å². The molecule has 158 valence electrons. The molecule has 2 aromatic rings. The fraction of sp³-hybridized carbons (Fsp3) is 0.316. The predicted octanol–water partition coefficient (Wildman–Crippen LogP) is 3.10. The number of hydrogen-bond donors (Lipinski definition) is 2. The molecule has 0 aromatic heterocycles. The molecule has 0 unspecified atom stereocenters. The van der Waals surface area contributed by atoms with Gasteiger partial charge in [0, 0.05) is 20.1 Å². The Morgan fingerprint density at radius 1 is 0.966 bits per heavy atom. The number of rotatable bonds is 7. The third kappa shape index (κ3) is 7.06. The lowest BCUT2D eigenvalue weighted by molar-refractivity contribution is -0.137. The van der Waals surface area contributed by atoms with Crippen LogP contribution < -0.4 is 10.0 Å². The summed E-state index contributed by atoms with van der Waals surface area (Å²) in [6.45, 7) is 0.389. The number of urea groups is 1. The van der Waals surface area contributed by atoms with Gasteiger partial charge in [-0.2, -0.15) is 13.2 Å². The van der Waals surface area contributed by atoms with Crippen LogP contribution in [0.2, 0.25) is 0 Å². The molecule has 0 spiro atoms. The largest absolute Gasteiger partial charge is 0.416 e. The van der Waals surface area contributed by atoms with Gasteiger partial charge in [-0.15, -0.1) is 0 Å². The Morgan fingerprint density at radius 2 is 1.48 bits per heavy atom. The molecule has 0 bridgehead atoms. The lowest BCUT2D eigenvalue weighted by atomic mass is 10.1. The van der Waals surface area contributed by atoms with Gasteiger partial charge in [-0.05, 0) is 35.9 Å². The SMILES string of the molecule is CNS(=O)(=O)Cc1ccc(CNC(=O)N(C)Cc2ccc(C(F)(F)F)cc2)cc1. The van der Waals surface area contributed by atoms with E-state index in [2.05, 4.69) is 10.0 Å². The maximum Gasteiger partial charge on any atom is 0.416 e. The van der Waals surface area contributed by atoms with Gasteiger partial charge >= 0.3 is 12.2 Å². The van der Waals surface area contributed by atoms with Crippen molar-refractivity contribution in [2.75, 3.05) is 14.1 Å². The first-order chi connectivity index (χ1) is 13.5. The maximum absolute atomic E-state index is 12.6. The van der Waals surface area contributed by atoms with Gasteiger partial charge < -0.3 is 10.2 Å². The first kappa shape index (κ1) is 22.7. The zero-order valence-corrected chi connectivity index (χ0v) is 16.8. The molecule has 0 aliphatic carbocycles. The fourth-order valence-electron chi connectivity index (χ4n) is 2.50. The Kier molecular flexibility index (Phi) is 7.26. The molecule has 0 heterocycles. The number of amides is 2. The van der Waals surface area contributed by atoms with Crippen LogP contribution in [0.1, 0.15) is 22.3 Å². The minimum absolute atomic E-state index is 0.133. The van der Waals surface area contributed by atoms with E-state index in [1.807, 2.05) is 0 Å². The van der Waals surface area contributed by atoms with Crippen molar-refractivity contribution >= 4 is 16.1 Å². The Labute approximate surface area is 167 Å². The van der Waals surface area contributed by atoms with E-state index in [0.717, 1.165) is 17.7 Å². The summed E-state index contributed by atoms with van der Waals surface area (Å²) in [6.07, 6.45) is -4.39. The molecular weight excluding hydrogens is 407 g/mol. The van der Waals surface area contributed by atoms with E-state index in [1.165, 1.54) is 24.1 Å². The zero-order chi connectivity index (χ0) is 21.7. The number of nitrogens with zero attached hydrogens (tertiary/aromatic N) is 1. The Hall–Kier alpha value is -2.59. The normalized spacial score (nSPS) is 11.9. The van der Waals surface area contributed by atoms with Gasteiger partial charge in [-0.25, -0.2) is 17.9 Å². The highest BCUT2D eigenvalue weighted by molar-refractivity contribution is 7.88. The minimum Gasteiger partial charge on any atom is -0.334 e. The second-order valence-electron chi connectivity index (χ2n) is 6.49. The van der Waals surface area contributed by atoms with E-state index in [4.69, 9.17) is 0 Å². The quantitative estimate of drug-likeness (QED) is 0.710. The van der Waals surface area contributed by atoms with Crippen LogP contribution in [0.25, 0.3) is 0 Å². The highest BCUT2D eigenvalue weighted by atomic mass is 32.2. The second kappa shape index (κ2) is 9.27. The number of nitrogens with one attached hydrogen (secondary N) is 2. The molecule has 0 saturated carbocycles. The zero-order valence-electron chi connectivity index (χ0n) is 16.0. The molecule has 2 amide bonds. The summed E-state index contributed by atoms with van der Waals surface area (Å²) in [5.74, 6) is -0.133. The Morgan fingerprint density at radius 3 is 2.00 bits per heavy atom. The average molecular weight is 429 g/mol. The Balaban J connectivity index is 1.87. The van der Waals surface area contributed by atoms with E-state index >= 15 is 0 Å². The maximum atomic E-state index is 12.6. The molecule has 2 rings (SSSR count). The van der Waals surface area contributed by atoms with Crippen LogP contribution in [0.15, 0.2) is 48.5 Å². The molecule has 10 heteroatoms. The summed E-state index contributed by atoms with van der Waals surface area (Å²) in [5, 5.41) is 2.71. The number of hydrogen-bond acceptors (Lipinski definition) is 3. The van der Waals surface area contributed by atoms with Crippen LogP contribution in [-0.2, 0) is 35.0 Å². The predicted molar refractivity (Wildman–Crippen MR) is 103 cm³/mol. The average Bonchev–Trinajstić information content (AvgIpc) is 2.66. The number of sulfonamides is 1. The molecular formula is C19H22F3N3O3S. The van der Waals surface area contributed by atoms with E-state index in [1.54, 1.807) is 31.3 Å². The van der Waals surface area contributed by atoms with Crippen molar-refractivity contribution in [3.63, 3.8) is 0 Å². The van der Waals surface area contributed by atoms with Crippen molar-refractivity contribution in [3.05, 3.63) is 70.8 Å². The van der Waals surface area contributed by atoms with E-state index in [0.29, 0.717) is 11.1 Å². The number of alkyl halides is 3. The monoisotopic (exact) mass is 429 g/mol. The van der Waals surface area contributed by atoms with Crippen LogP contribution in [0.5, 0.6) is 0 Å². The van der Waals surface area contributed by atoms with Crippen LogP contribution >= 0.6 is 0 Å². The highest BCUT2D eigenvalue weighted by Crippen LogP contribution is 2.29. The topological polar surface area (TPSA) is 78.5 Å². The highest BCUT2D eigenvalue weighted by Gasteiger charge is 2.29. The molecule has 2 N–H and O–H groups in total. The fourth-order valence-corrected chi connectivity index (χ4v) is 3.28. The second-order valence-corrected chi connectivity index (χ2v) is 8.42. The lowest BCUT2D eigenvalue weighted by Gasteiger charge is -2.18. The summed E-state index contributed by atoms with van der Waals surface area (Å²) in [4.78, 5) is 13.5. The summed E-state index contributed by atoms with van der Waals surface area (Å²) in [7, 11) is -0.464. The Bertz CT molecular complexity index is 928. The van der Waals surface area contributed by atoms with Gasteiger partial charge in [-0.1, -0.05) is 36.4 Å². The van der Waals surface area contributed by atoms with Gasteiger partial charge in [-0.3, -0.25) is 0 Å². The van der Waals surface area contributed by atoms with Crippen molar-refractivity contribution in [2.45, 2.75) is 25.0 Å². The number of benzene rings is 2. The molecule has 0 aliphatic heterocycles. The van der Waals surface area contributed by atoms with Crippen LogP contribution in [0.3, 0.4) is 0 Å². The van der Waals surface area contributed by atoms with E-state index < -0.39 is 21.8 Å².